The summed E-state index contributed by atoms with van der Waals surface area (Å²) >= 11 is 12.5. The Morgan fingerprint density at radius 3 is 2.41 bits per heavy atom. The molecule has 2 aromatic rings. The van der Waals surface area contributed by atoms with Gasteiger partial charge in [-0.05, 0) is 36.9 Å². The van der Waals surface area contributed by atoms with Crippen LogP contribution < -0.4 is 4.74 Å². The van der Waals surface area contributed by atoms with E-state index in [1.54, 1.807) is 24.5 Å². The third-order valence-corrected chi connectivity index (χ3v) is 6.13. The number of ether oxygens (including phenoxy) is 1. The largest absolute Gasteiger partial charge is 0.507 e. The number of carbonyl (C=O) groups is 2. The smallest absolute Gasteiger partial charge is 0.295 e. The number of hydrogen-bond donors (Lipinski definition) is 1. The van der Waals surface area contributed by atoms with Crippen molar-refractivity contribution >= 4 is 40.7 Å². The van der Waals surface area contributed by atoms with Crippen LogP contribution >= 0.6 is 23.2 Å². The number of hydrogen-bond acceptors (Lipinski definition) is 6. The molecule has 1 aromatic heterocycles. The van der Waals surface area contributed by atoms with Gasteiger partial charge < -0.3 is 19.6 Å². The van der Waals surface area contributed by atoms with E-state index in [1.165, 1.54) is 24.1 Å². The fraction of sp³-hybridized carbons (Fsp3) is 0.348. The minimum atomic E-state index is -0.779. The molecule has 0 saturated carbocycles. The zero-order valence-corrected chi connectivity index (χ0v) is 19.7. The van der Waals surface area contributed by atoms with Crippen LogP contribution in [0.1, 0.15) is 31.0 Å². The highest BCUT2D eigenvalue weighted by atomic mass is 35.5. The third kappa shape index (κ3) is 4.60. The van der Waals surface area contributed by atoms with E-state index in [1.807, 2.05) is 13.8 Å². The van der Waals surface area contributed by atoms with Crippen LogP contribution in [-0.4, -0.2) is 64.9 Å². The average molecular weight is 478 g/mol. The number of benzene rings is 1. The molecule has 1 atom stereocenters. The lowest BCUT2D eigenvalue weighted by Crippen LogP contribution is -2.38. The van der Waals surface area contributed by atoms with Crippen LogP contribution in [0.4, 0.5) is 0 Å². The summed E-state index contributed by atoms with van der Waals surface area (Å²) in [5.41, 5.74) is 0.815. The molecule has 0 radical (unpaired) electrons. The Labute approximate surface area is 197 Å². The van der Waals surface area contributed by atoms with Gasteiger partial charge in [-0.3, -0.25) is 14.6 Å². The lowest BCUT2D eigenvalue weighted by Gasteiger charge is -2.28. The highest BCUT2D eigenvalue weighted by Gasteiger charge is 2.46. The van der Waals surface area contributed by atoms with Gasteiger partial charge in [0.1, 0.15) is 5.76 Å². The number of rotatable bonds is 8. The average Bonchev–Trinajstić information content (AvgIpc) is 3.04. The van der Waals surface area contributed by atoms with Gasteiger partial charge in [0.25, 0.3) is 11.7 Å². The van der Waals surface area contributed by atoms with Gasteiger partial charge in [0.2, 0.25) is 0 Å². The Hall–Kier alpha value is -2.61. The maximum Gasteiger partial charge on any atom is 0.295 e. The summed E-state index contributed by atoms with van der Waals surface area (Å²) in [6, 6.07) is 5.62. The lowest BCUT2D eigenvalue weighted by molar-refractivity contribution is -0.140. The first kappa shape index (κ1) is 24.0. The molecule has 1 saturated heterocycles. The van der Waals surface area contributed by atoms with E-state index >= 15 is 0 Å². The van der Waals surface area contributed by atoms with Crippen LogP contribution in [-0.2, 0) is 9.59 Å². The zero-order valence-electron chi connectivity index (χ0n) is 18.1. The quantitative estimate of drug-likeness (QED) is 0.349. The van der Waals surface area contributed by atoms with Crippen LogP contribution in [0.5, 0.6) is 5.75 Å². The van der Waals surface area contributed by atoms with E-state index in [-0.39, 0.29) is 32.7 Å². The second-order valence-corrected chi connectivity index (χ2v) is 8.09. The van der Waals surface area contributed by atoms with Crippen molar-refractivity contribution in [1.82, 2.24) is 14.8 Å². The second kappa shape index (κ2) is 10.3. The Kier molecular flexibility index (Phi) is 7.77. The van der Waals surface area contributed by atoms with Gasteiger partial charge in [-0.25, -0.2) is 0 Å². The molecule has 3 rings (SSSR count). The number of aliphatic hydroxyl groups excluding tert-OH is 1. The fourth-order valence-electron chi connectivity index (χ4n) is 3.83. The van der Waals surface area contributed by atoms with Crippen molar-refractivity contribution < 1.29 is 19.4 Å². The molecule has 1 aliphatic heterocycles. The summed E-state index contributed by atoms with van der Waals surface area (Å²) in [5, 5.41) is 11.5. The number of nitrogens with zero attached hydrogens (tertiary/aromatic N) is 3. The Morgan fingerprint density at radius 1 is 1.22 bits per heavy atom. The Morgan fingerprint density at radius 2 is 1.88 bits per heavy atom. The van der Waals surface area contributed by atoms with Gasteiger partial charge in [-0.2, -0.15) is 0 Å². The van der Waals surface area contributed by atoms with E-state index in [2.05, 4.69) is 9.88 Å². The van der Waals surface area contributed by atoms with Gasteiger partial charge in [0.05, 0.1) is 28.8 Å². The van der Waals surface area contributed by atoms with Crippen molar-refractivity contribution in [2.75, 3.05) is 33.3 Å². The van der Waals surface area contributed by atoms with Gasteiger partial charge >= 0.3 is 0 Å². The monoisotopic (exact) mass is 477 g/mol. The molecule has 2 heterocycles. The number of amides is 1. The first-order chi connectivity index (χ1) is 15.3. The topological polar surface area (TPSA) is 83.0 Å². The number of ketones is 1. The molecule has 1 fully saturated rings. The first-order valence-electron chi connectivity index (χ1n) is 10.3. The molecule has 7 nitrogen and oxygen atoms in total. The second-order valence-electron chi connectivity index (χ2n) is 7.28. The maximum atomic E-state index is 13.1. The molecule has 0 aliphatic carbocycles. The number of Topliss-reactive ketones (excluding diaryl/α,β-unsaturated/α-hetero) is 1. The summed E-state index contributed by atoms with van der Waals surface area (Å²) in [6.07, 6.45) is 3.19. The zero-order chi connectivity index (χ0) is 23.4. The third-order valence-electron chi connectivity index (χ3n) is 5.57. The van der Waals surface area contributed by atoms with Crippen molar-refractivity contribution in [2.24, 2.45) is 0 Å². The highest BCUT2D eigenvalue weighted by Crippen LogP contribution is 2.41. The number of carbonyl (C=O) groups excluding carboxylic acids is 2. The van der Waals surface area contributed by atoms with E-state index in [9.17, 15) is 14.7 Å². The minimum Gasteiger partial charge on any atom is -0.507 e. The Balaban J connectivity index is 2.12. The van der Waals surface area contributed by atoms with Gasteiger partial charge in [0.15, 0.2) is 5.75 Å². The van der Waals surface area contributed by atoms with E-state index in [4.69, 9.17) is 27.9 Å². The molecule has 32 heavy (non-hydrogen) atoms. The highest BCUT2D eigenvalue weighted by molar-refractivity contribution is 6.46. The molecule has 1 aromatic carbocycles. The first-order valence-corrected chi connectivity index (χ1v) is 11.0. The SMILES string of the molecule is CCN(CC)CCN1C(=O)C(=O)/C(=C(/O)c2cc(Cl)c(OC)c(Cl)c2)C1c1cccnc1. The summed E-state index contributed by atoms with van der Waals surface area (Å²) in [6.45, 7) is 6.63. The van der Waals surface area contributed by atoms with Crippen LogP contribution in [0.15, 0.2) is 42.2 Å². The predicted octanol–water partition coefficient (Wildman–Crippen LogP) is 4.16. The predicted molar refractivity (Wildman–Crippen MR) is 124 cm³/mol. The number of aliphatic hydroxyl groups is 1. The van der Waals surface area contributed by atoms with E-state index in [0.29, 0.717) is 18.7 Å². The van der Waals surface area contributed by atoms with Gasteiger partial charge in [0, 0.05) is 31.0 Å². The van der Waals surface area contributed by atoms with Crippen molar-refractivity contribution in [3.8, 4) is 5.75 Å². The van der Waals surface area contributed by atoms with Crippen molar-refractivity contribution in [2.45, 2.75) is 19.9 Å². The molecule has 1 unspecified atom stereocenters. The normalized spacial score (nSPS) is 17.9. The van der Waals surface area contributed by atoms with Crippen molar-refractivity contribution in [3.63, 3.8) is 0 Å². The fourth-order valence-corrected chi connectivity index (χ4v) is 4.47. The van der Waals surface area contributed by atoms with Gasteiger partial charge in [-0.15, -0.1) is 0 Å². The van der Waals surface area contributed by atoms with Crippen LogP contribution in [0.25, 0.3) is 5.76 Å². The summed E-state index contributed by atoms with van der Waals surface area (Å²) in [7, 11) is 1.43. The molecule has 9 heteroatoms. The number of methoxy groups -OCH3 is 1. The van der Waals surface area contributed by atoms with Crippen LogP contribution in [0, 0.1) is 0 Å². The lowest BCUT2D eigenvalue weighted by atomic mass is 9.96. The molecule has 0 spiro atoms. The molecular formula is C23H25Cl2N3O4. The number of pyridine rings is 1. The van der Waals surface area contributed by atoms with Gasteiger partial charge in [-0.1, -0.05) is 43.1 Å². The molecule has 170 valence electrons. The number of likely N-dealkylation sites (tertiary alicyclic amines) is 1. The molecule has 1 N–H and O–H groups in total. The van der Waals surface area contributed by atoms with Crippen molar-refractivity contribution in [1.29, 1.82) is 0 Å². The van der Waals surface area contributed by atoms with E-state index in [0.717, 1.165) is 13.1 Å². The number of likely N-dealkylation sites (N-methyl/N-ethyl adjacent to an activating group) is 1. The van der Waals surface area contributed by atoms with E-state index < -0.39 is 17.7 Å². The molecule has 1 aliphatic rings. The summed E-state index contributed by atoms with van der Waals surface area (Å²) in [5.74, 6) is -1.53. The summed E-state index contributed by atoms with van der Waals surface area (Å²) < 4.78 is 5.15. The standard InChI is InChI=1S/C23H25Cl2N3O4/c1-4-27(5-2)9-10-28-19(14-7-6-8-26-13-14)18(21(30)23(28)31)20(29)15-11-16(24)22(32-3)17(25)12-15/h6-8,11-13,19,29H,4-5,9-10H2,1-3H3/b20-18+. The summed E-state index contributed by atoms with van der Waals surface area (Å²) in [4.78, 5) is 33.8. The number of halogens is 2. The number of aromatic nitrogens is 1. The Bertz CT molecular complexity index is 1020. The maximum absolute atomic E-state index is 13.1. The van der Waals surface area contributed by atoms with Crippen LogP contribution in [0.2, 0.25) is 10.0 Å². The van der Waals surface area contributed by atoms with Crippen LogP contribution in [0.3, 0.4) is 0 Å². The molecular weight excluding hydrogens is 453 g/mol. The molecule has 1 amide bonds. The minimum absolute atomic E-state index is 0.0279. The van der Waals surface area contributed by atoms with Crippen molar-refractivity contribution in [3.05, 3.63) is 63.4 Å². The molecule has 0 bridgehead atoms.